The zero-order valence-electron chi connectivity index (χ0n) is 8.16. The van der Waals surface area contributed by atoms with Gasteiger partial charge in [0.15, 0.2) is 5.78 Å². The van der Waals surface area contributed by atoms with Crippen LogP contribution in [-0.4, -0.2) is 23.2 Å². The fourth-order valence-electron chi connectivity index (χ4n) is 1.38. The van der Waals surface area contributed by atoms with Crippen molar-refractivity contribution < 1.29 is 22.7 Å². The first-order valence-electron chi connectivity index (χ1n) is 4.49. The maximum atomic E-state index is 12.0. The molecule has 1 heterocycles. The number of carbonyl (C=O) groups is 1. The van der Waals surface area contributed by atoms with Gasteiger partial charge in [-0.25, -0.2) is 0 Å². The van der Waals surface area contributed by atoms with Crippen molar-refractivity contribution in [2.24, 2.45) is 4.99 Å². The smallest absolute Gasteiger partial charge is 0.406 e. The number of benzene rings is 1. The van der Waals surface area contributed by atoms with Crippen molar-refractivity contribution >= 4 is 33.6 Å². The number of ketones is 1. The summed E-state index contributed by atoms with van der Waals surface area (Å²) in [5.74, 6) is -0.774. The molecule has 0 saturated heterocycles. The molecule has 3 nitrogen and oxygen atoms in total. The number of ether oxygens (including phenoxy) is 1. The molecule has 90 valence electrons. The zero-order valence-corrected chi connectivity index (χ0v) is 9.75. The van der Waals surface area contributed by atoms with Crippen molar-refractivity contribution in [1.29, 1.82) is 0 Å². The predicted octanol–water partition coefficient (Wildman–Crippen LogP) is 3.25. The van der Waals surface area contributed by atoms with Crippen LogP contribution in [0.3, 0.4) is 0 Å². The number of rotatable bonds is 1. The molecular weight excluding hydrogens is 303 g/mol. The summed E-state index contributed by atoms with van der Waals surface area (Å²) in [6.45, 7) is 0. The van der Waals surface area contributed by atoms with Gasteiger partial charge in [-0.05, 0) is 18.2 Å². The van der Waals surface area contributed by atoms with Crippen LogP contribution in [0.1, 0.15) is 10.4 Å². The van der Waals surface area contributed by atoms with Crippen molar-refractivity contribution in [3.05, 3.63) is 23.8 Å². The molecule has 0 N–H and O–H groups in total. The lowest BCUT2D eigenvalue weighted by Gasteiger charge is -2.15. The van der Waals surface area contributed by atoms with Crippen molar-refractivity contribution in [1.82, 2.24) is 0 Å². The molecule has 0 bridgehead atoms. The second-order valence-electron chi connectivity index (χ2n) is 3.27. The van der Waals surface area contributed by atoms with E-state index in [4.69, 9.17) is 0 Å². The van der Waals surface area contributed by atoms with Gasteiger partial charge in [0, 0.05) is 11.8 Å². The number of fused-ring (bicyclic) bond motifs is 1. The number of nitrogens with zero attached hydrogens (tertiary/aromatic N) is 1. The van der Waals surface area contributed by atoms with Crippen LogP contribution in [0.5, 0.6) is 5.75 Å². The number of alkyl halides is 4. The molecule has 0 aliphatic carbocycles. The van der Waals surface area contributed by atoms with Gasteiger partial charge >= 0.3 is 6.36 Å². The first-order valence-corrected chi connectivity index (χ1v) is 5.41. The number of carbonyl (C=O) groups excluding carboxylic acids is 1. The van der Waals surface area contributed by atoms with Crippen LogP contribution in [0.15, 0.2) is 23.2 Å². The van der Waals surface area contributed by atoms with E-state index in [1.165, 1.54) is 12.3 Å². The summed E-state index contributed by atoms with van der Waals surface area (Å²) in [5, 5.41) is 0. The van der Waals surface area contributed by atoms with Gasteiger partial charge in [-0.3, -0.25) is 9.79 Å². The van der Waals surface area contributed by atoms with Gasteiger partial charge in [0.25, 0.3) is 0 Å². The summed E-state index contributed by atoms with van der Waals surface area (Å²) in [6.07, 6.45) is -3.39. The molecule has 1 unspecified atom stereocenters. The molecule has 1 aliphatic rings. The highest BCUT2D eigenvalue weighted by molar-refractivity contribution is 9.10. The number of aliphatic imine (C=N–C) groups is 1. The number of halogens is 4. The van der Waals surface area contributed by atoms with E-state index in [2.05, 4.69) is 25.7 Å². The Morgan fingerprint density at radius 2 is 2.06 bits per heavy atom. The molecular formula is C10H5BrF3NO2. The van der Waals surface area contributed by atoms with Crippen LogP contribution in [0, 0.1) is 0 Å². The Balaban J connectivity index is 2.37. The molecule has 0 radical (unpaired) electrons. The Kier molecular flexibility index (Phi) is 2.94. The minimum Gasteiger partial charge on any atom is -0.406 e. The third kappa shape index (κ3) is 2.66. The van der Waals surface area contributed by atoms with E-state index in [1.807, 2.05) is 0 Å². The maximum absolute atomic E-state index is 12.0. The van der Waals surface area contributed by atoms with Gasteiger partial charge in [0.1, 0.15) is 10.6 Å². The Bertz CT molecular complexity index is 499. The highest BCUT2D eigenvalue weighted by atomic mass is 79.9. The van der Waals surface area contributed by atoms with E-state index in [0.29, 0.717) is 5.69 Å². The molecule has 2 rings (SSSR count). The van der Waals surface area contributed by atoms with E-state index in [0.717, 1.165) is 12.1 Å². The maximum Gasteiger partial charge on any atom is 0.573 e. The van der Waals surface area contributed by atoms with E-state index in [-0.39, 0.29) is 11.3 Å². The largest absolute Gasteiger partial charge is 0.573 e. The van der Waals surface area contributed by atoms with Crippen LogP contribution < -0.4 is 4.74 Å². The SMILES string of the molecule is O=C1c2cc(OC(F)(F)F)ccc2N=CC1Br. The van der Waals surface area contributed by atoms with Crippen LogP contribution in [0.4, 0.5) is 18.9 Å². The summed E-state index contributed by atoms with van der Waals surface area (Å²) in [4.78, 5) is 15.0. The van der Waals surface area contributed by atoms with Gasteiger partial charge in [-0.15, -0.1) is 13.2 Å². The number of hydrogen-bond acceptors (Lipinski definition) is 3. The Morgan fingerprint density at radius 3 is 2.71 bits per heavy atom. The third-order valence-electron chi connectivity index (χ3n) is 2.06. The molecule has 7 heteroatoms. The standard InChI is InChI=1S/C10H5BrF3NO2/c11-7-4-15-8-2-1-5(17-10(12,13)14)3-6(8)9(7)16/h1-4,7H. The molecule has 1 aromatic carbocycles. The topological polar surface area (TPSA) is 38.7 Å². The minimum absolute atomic E-state index is 0.108. The Morgan fingerprint density at radius 1 is 1.35 bits per heavy atom. The van der Waals surface area contributed by atoms with Crippen molar-refractivity contribution in [2.75, 3.05) is 0 Å². The fourth-order valence-corrected chi connectivity index (χ4v) is 1.75. The summed E-state index contributed by atoms with van der Waals surface area (Å²) >= 11 is 3.05. The molecule has 17 heavy (non-hydrogen) atoms. The molecule has 0 saturated carbocycles. The lowest BCUT2D eigenvalue weighted by molar-refractivity contribution is -0.274. The van der Waals surface area contributed by atoms with Crippen molar-refractivity contribution in [2.45, 2.75) is 11.2 Å². The quantitative estimate of drug-likeness (QED) is 0.747. The van der Waals surface area contributed by atoms with Gasteiger partial charge in [0.2, 0.25) is 0 Å². The summed E-state index contributed by atoms with van der Waals surface area (Å²) in [5.41, 5.74) is 0.441. The monoisotopic (exact) mass is 307 g/mol. The molecule has 1 aromatic rings. The molecule has 0 aromatic heterocycles. The highest BCUT2D eigenvalue weighted by Gasteiger charge is 2.32. The third-order valence-corrected chi connectivity index (χ3v) is 2.71. The number of hydrogen-bond donors (Lipinski definition) is 0. The fraction of sp³-hybridized carbons (Fsp3) is 0.200. The summed E-state index contributed by atoms with van der Waals surface area (Å²) in [6, 6.07) is 3.46. The van der Waals surface area contributed by atoms with Crippen molar-refractivity contribution in [3.63, 3.8) is 0 Å². The average molecular weight is 308 g/mol. The van der Waals surface area contributed by atoms with Gasteiger partial charge < -0.3 is 4.74 Å². The second kappa shape index (κ2) is 4.14. The molecule has 0 spiro atoms. The van der Waals surface area contributed by atoms with E-state index in [1.54, 1.807) is 0 Å². The first kappa shape index (κ1) is 12.1. The van der Waals surface area contributed by atoms with Crippen LogP contribution in [0.2, 0.25) is 0 Å². The predicted molar refractivity (Wildman–Crippen MR) is 58.3 cm³/mol. The van der Waals surface area contributed by atoms with Gasteiger partial charge in [0.05, 0.1) is 5.69 Å². The van der Waals surface area contributed by atoms with Crippen LogP contribution in [-0.2, 0) is 0 Å². The highest BCUT2D eigenvalue weighted by Crippen LogP contribution is 2.32. The normalized spacial score (nSPS) is 19.1. The molecule has 0 amide bonds. The second-order valence-corrected chi connectivity index (χ2v) is 4.26. The summed E-state index contributed by atoms with van der Waals surface area (Å²) in [7, 11) is 0. The Labute approximate surface area is 102 Å². The van der Waals surface area contributed by atoms with Crippen molar-refractivity contribution in [3.8, 4) is 5.75 Å². The molecule has 1 atom stereocenters. The lowest BCUT2D eigenvalue weighted by atomic mass is 10.0. The van der Waals surface area contributed by atoms with E-state index in [9.17, 15) is 18.0 Å². The van der Waals surface area contributed by atoms with Gasteiger partial charge in [-0.2, -0.15) is 0 Å². The van der Waals surface area contributed by atoms with Gasteiger partial charge in [-0.1, -0.05) is 15.9 Å². The molecule has 0 fully saturated rings. The van der Waals surface area contributed by atoms with Crippen LogP contribution >= 0.6 is 15.9 Å². The Hall–Kier alpha value is -1.37. The zero-order chi connectivity index (χ0) is 12.6. The average Bonchev–Trinajstić information content (AvgIpc) is 2.22. The first-order chi connectivity index (χ1) is 7.87. The minimum atomic E-state index is -4.77. The van der Waals surface area contributed by atoms with E-state index < -0.39 is 16.9 Å². The van der Waals surface area contributed by atoms with E-state index >= 15 is 0 Å². The number of Topliss-reactive ketones (excluding diaryl/α,β-unsaturated/α-hetero) is 1. The summed E-state index contributed by atoms with van der Waals surface area (Å²) < 4.78 is 39.7. The lowest BCUT2D eigenvalue weighted by Crippen LogP contribution is -2.20. The van der Waals surface area contributed by atoms with Crippen LogP contribution in [0.25, 0.3) is 0 Å². The molecule has 1 aliphatic heterocycles.